The minimum Gasteiger partial charge on any atom is -0.378 e. The fraction of sp³-hybridized carbons (Fsp3) is 0.500. The number of rotatable bonds is 5. The van der Waals surface area contributed by atoms with Gasteiger partial charge in [-0.25, -0.2) is 4.98 Å². The molecule has 1 aromatic carbocycles. The molecule has 4 rings (SSSR count). The lowest BCUT2D eigenvalue weighted by molar-refractivity contribution is -0.136. The van der Waals surface area contributed by atoms with Crippen molar-refractivity contribution in [3.63, 3.8) is 0 Å². The molecule has 1 aromatic heterocycles. The number of carbonyl (C=O) groups is 1. The first-order chi connectivity index (χ1) is 13.3. The number of carbonyl (C=O) groups excluding carboxylic acids is 1. The van der Waals surface area contributed by atoms with Crippen molar-refractivity contribution in [2.45, 2.75) is 6.54 Å². The van der Waals surface area contributed by atoms with Crippen LogP contribution in [0.15, 0.2) is 35.7 Å². The van der Waals surface area contributed by atoms with E-state index in [0.717, 1.165) is 56.5 Å². The molecule has 0 spiro atoms. The maximum Gasteiger partial charge on any atom is 0.236 e. The predicted molar refractivity (Wildman–Crippen MR) is 107 cm³/mol. The third-order valence-corrected chi connectivity index (χ3v) is 6.09. The van der Waals surface area contributed by atoms with E-state index in [-0.39, 0.29) is 5.91 Å². The Morgan fingerprint density at radius 3 is 2.44 bits per heavy atom. The van der Waals surface area contributed by atoms with Gasteiger partial charge in [-0.15, -0.1) is 11.3 Å². The summed E-state index contributed by atoms with van der Waals surface area (Å²) in [5.74, 6) is 0.235. The Bertz CT molecular complexity index is 737. The van der Waals surface area contributed by atoms with E-state index in [1.54, 1.807) is 11.3 Å². The maximum absolute atomic E-state index is 12.4. The molecule has 0 saturated carbocycles. The van der Waals surface area contributed by atoms with E-state index in [4.69, 9.17) is 9.72 Å². The highest BCUT2D eigenvalue weighted by Gasteiger charge is 2.23. The molecule has 2 aliphatic rings. The average Bonchev–Trinajstić information content (AvgIpc) is 3.19. The molecule has 2 fully saturated rings. The van der Waals surface area contributed by atoms with Gasteiger partial charge in [0.15, 0.2) is 0 Å². The molecular formula is C20H26N4O2S. The number of hydrogen-bond acceptors (Lipinski definition) is 6. The fourth-order valence-electron chi connectivity index (χ4n) is 3.53. The summed E-state index contributed by atoms with van der Waals surface area (Å²) in [4.78, 5) is 23.8. The number of ether oxygens (including phenoxy) is 1. The first kappa shape index (κ1) is 18.6. The highest BCUT2D eigenvalue weighted by molar-refractivity contribution is 7.13. The molecule has 1 amide bonds. The Labute approximate surface area is 164 Å². The van der Waals surface area contributed by atoms with Crippen LogP contribution in [0.5, 0.6) is 0 Å². The number of amides is 1. The van der Waals surface area contributed by atoms with Gasteiger partial charge in [0, 0.05) is 56.8 Å². The third-order valence-electron chi connectivity index (χ3n) is 5.15. The second-order valence-electron chi connectivity index (χ2n) is 7.06. The van der Waals surface area contributed by atoms with E-state index < -0.39 is 0 Å². The van der Waals surface area contributed by atoms with Crippen molar-refractivity contribution in [3.05, 3.63) is 41.4 Å². The quantitative estimate of drug-likeness (QED) is 0.784. The monoisotopic (exact) mass is 386 g/mol. The first-order valence-corrected chi connectivity index (χ1v) is 10.5. The SMILES string of the molecule is O=C(CN1CCN(Cc2csc(-c3ccccc3)n2)CC1)N1CCOCC1. The highest BCUT2D eigenvalue weighted by atomic mass is 32.1. The molecule has 144 valence electrons. The fourth-order valence-corrected chi connectivity index (χ4v) is 4.35. The number of morpholine rings is 1. The number of aromatic nitrogens is 1. The summed E-state index contributed by atoms with van der Waals surface area (Å²) in [6, 6.07) is 10.3. The Balaban J connectivity index is 1.24. The van der Waals surface area contributed by atoms with Crippen LogP contribution in [0, 0.1) is 0 Å². The van der Waals surface area contributed by atoms with Gasteiger partial charge in [-0.3, -0.25) is 14.6 Å². The van der Waals surface area contributed by atoms with Crippen molar-refractivity contribution in [2.75, 3.05) is 59.0 Å². The molecule has 0 radical (unpaired) electrons. The van der Waals surface area contributed by atoms with Crippen molar-refractivity contribution < 1.29 is 9.53 Å². The molecule has 0 unspecified atom stereocenters. The Hall–Kier alpha value is -1.80. The molecule has 3 heterocycles. The lowest BCUT2D eigenvalue weighted by Gasteiger charge is -2.35. The Morgan fingerprint density at radius 1 is 1.00 bits per heavy atom. The van der Waals surface area contributed by atoms with Crippen LogP contribution in [0.1, 0.15) is 5.69 Å². The molecular weight excluding hydrogens is 360 g/mol. The molecule has 2 saturated heterocycles. The van der Waals surface area contributed by atoms with Gasteiger partial charge >= 0.3 is 0 Å². The smallest absolute Gasteiger partial charge is 0.236 e. The summed E-state index contributed by atoms with van der Waals surface area (Å²) in [5, 5.41) is 3.25. The van der Waals surface area contributed by atoms with E-state index in [1.807, 2.05) is 23.1 Å². The summed E-state index contributed by atoms with van der Waals surface area (Å²) < 4.78 is 5.32. The first-order valence-electron chi connectivity index (χ1n) is 9.58. The van der Waals surface area contributed by atoms with E-state index >= 15 is 0 Å². The van der Waals surface area contributed by atoms with E-state index in [0.29, 0.717) is 19.8 Å². The molecule has 2 aromatic rings. The number of hydrogen-bond donors (Lipinski definition) is 0. The van der Waals surface area contributed by atoms with Gasteiger partial charge in [0.1, 0.15) is 5.01 Å². The summed E-state index contributed by atoms with van der Waals surface area (Å²) in [7, 11) is 0. The van der Waals surface area contributed by atoms with Gasteiger partial charge in [-0.05, 0) is 0 Å². The molecule has 27 heavy (non-hydrogen) atoms. The van der Waals surface area contributed by atoms with Crippen molar-refractivity contribution in [3.8, 4) is 10.6 Å². The zero-order chi connectivity index (χ0) is 18.5. The minimum atomic E-state index is 0.235. The molecule has 2 aliphatic heterocycles. The van der Waals surface area contributed by atoms with Crippen LogP contribution in [0.25, 0.3) is 10.6 Å². The van der Waals surface area contributed by atoms with Gasteiger partial charge in [-0.1, -0.05) is 30.3 Å². The largest absolute Gasteiger partial charge is 0.378 e. The number of piperazine rings is 1. The standard InChI is InChI=1S/C20H26N4O2S/c25-19(24-10-12-26-13-11-24)15-23-8-6-22(7-9-23)14-18-16-27-20(21-18)17-4-2-1-3-5-17/h1-5,16H,6-15H2. The molecule has 0 bridgehead atoms. The van der Waals surface area contributed by atoms with Gasteiger partial charge in [0.05, 0.1) is 25.5 Å². The van der Waals surface area contributed by atoms with Crippen LogP contribution < -0.4 is 0 Å². The van der Waals surface area contributed by atoms with Crippen LogP contribution in [0.3, 0.4) is 0 Å². The average molecular weight is 387 g/mol. The molecule has 0 aliphatic carbocycles. The van der Waals surface area contributed by atoms with Crippen molar-refractivity contribution in [1.82, 2.24) is 19.7 Å². The van der Waals surface area contributed by atoms with Crippen LogP contribution in [-0.2, 0) is 16.1 Å². The van der Waals surface area contributed by atoms with Crippen molar-refractivity contribution >= 4 is 17.2 Å². The van der Waals surface area contributed by atoms with E-state index in [2.05, 4.69) is 27.3 Å². The Kier molecular flexibility index (Phi) is 6.14. The normalized spacial score (nSPS) is 19.3. The van der Waals surface area contributed by atoms with Crippen LogP contribution >= 0.6 is 11.3 Å². The zero-order valence-corrected chi connectivity index (χ0v) is 16.4. The lowest BCUT2D eigenvalue weighted by Crippen LogP contribution is -2.51. The van der Waals surface area contributed by atoms with Gasteiger partial charge in [0.2, 0.25) is 5.91 Å². The molecule has 7 heteroatoms. The number of thiazole rings is 1. The van der Waals surface area contributed by atoms with Crippen LogP contribution in [-0.4, -0.2) is 84.6 Å². The zero-order valence-electron chi connectivity index (χ0n) is 15.5. The number of nitrogens with zero attached hydrogens (tertiary/aromatic N) is 4. The summed E-state index contributed by atoms with van der Waals surface area (Å²) in [5.41, 5.74) is 2.32. The summed E-state index contributed by atoms with van der Waals surface area (Å²) >= 11 is 1.71. The second kappa shape index (κ2) is 8.93. The van der Waals surface area contributed by atoms with Gasteiger partial charge in [-0.2, -0.15) is 0 Å². The topological polar surface area (TPSA) is 48.9 Å². The Morgan fingerprint density at radius 2 is 1.70 bits per heavy atom. The predicted octanol–water partition coefficient (Wildman–Crippen LogP) is 1.79. The third kappa shape index (κ3) is 4.93. The number of benzene rings is 1. The highest BCUT2D eigenvalue weighted by Crippen LogP contribution is 2.24. The molecule has 0 atom stereocenters. The van der Waals surface area contributed by atoms with Crippen LogP contribution in [0.2, 0.25) is 0 Å². The molecule has 6 nitrogen and oxygen atoms in total. The molecule has 0 N–H and O–H groups in total. The van der Waals surface area contributed by atoms with Crippen molar-refractivity contribution in [1.29, 1.82) is 0 Å². The van der Waals surface area contributed by atoms with E-state index in [9.17, 15) is 4.79 Å². The van der Waals surface area contributed by atoms with Gasteiger partial charge < -0.3 is 9.64 Å². The van der Waals surface area contributed by atoms with Crippen LogP contribution in [0.4, 0.5) is 0 Å². The lowest BCUT2D eigenvalue weighted by atomic mass is 10.2. The van der Waals surface area contributed by atoms with Crippen molar-refractivity contribution in [2.24, 2.45) is 0 Å². The second-order valence-corrected chi connectivity index (χ2v) is 7.91. The minimum absolute atomic E-state index is 0.235. The van der Waals surface area contributed by atoms with E-state index in [1.165, 1.54) is 5.56 Å². The summed E-state index contributed by atoms with van der Waals surface area (Å²) in [6.07, 6.45) is 0. The summed E-state index contributed by atoms with van der Waals surface area (Å²) in [6.45, 7) is 8.03. The van der Waals surface area contributed by atoms with Gasteiger partial charge in [0.25, 0.3) is 0 Å². The maximum atomic E-state index is 12.4.